The van der Waals surface area contributed by atoms with Crippen LogP contribution in [0.4, 0.5) is 11.5 Å². The summed E-state index contributed by atoms with van der Waals surface area (Å²) in [5.41, 5.74) is 1.03. The number of aromatic nitrogens is 3. The van der Waals surface area contributed by atoms with E-state index < -0.39 is 5.91 Å². The highest BCUT2D eigenvalue weighted by molar-refractivity contribution is 5.94. The summed E-state index contributed by atoms with van der Waals surface area (Å²) in [5, 5.41) is 25.5. The summed E-state index contributed by atoms with van der Waals surface area (Å²) < 4.78 is 11.4. The zero-order valence-corrected chi connectivity index (χ0v) is 14.7. The van der Waals surface area contributed by atoms with Crippen molar-refractivity contribution in [3.63, 3.8) is 0 Å². The molecule has 27 heavy (non-hydrogen) atoms. The average Bonchev–Trinajstić information content (AvgIpc) is 2.73. The fourth-order valence-corrected chi connectivity index (χ4v) is 2.41. The molecule has 0 radical (unpaired) electrons. The number of nitrogens with one attached hydrogen (secondary N) is 3. The molecular formula is C17H19N7O3. The van der Waals surface area contributed by atoms with Crippen molar-refractivity contribution in [3.8, 4) is 11.8 Å². The molecule has 1 saturated heterocycles. The summed E-state index contributed by atoms with van der Waals surface area (Å²) >= 11 is 0. The van der Waals surface area contributed by atoms with Crippen LogP contribution in [0.5, 0.6) is 5.75 Å². The lowest BCUT2D eigenvalue weighted by Gasteiger charge is -2.24. The summed E-state index contributed by atoms with van der Waals surface area (Å²) in [4.78, 5) is 16.0. The van der Waals surface area contributed by atoms with E-state index >= 15 is 0 Å². The number of hydrogen-bond donors (Lipinski definition) is 3. The lowest BCUT2D eigenvalue weighted by molar-refractivity contribution is -0.0000825. The molecule has 2 aromatic rings. The van der Waals surface area contributed by atoms with E-state index in [9.17, 15) is 4.79 Å². The molecule has 1 amide bonds. The molecule has 3 heterocycles. The van der Waals surface area contributed by atoms with Gasteiger partial charge in [0.1, 0.15) is 24.5 Å². The molecule has 10 nitrogen and oxygen atoms in total. The number of morpholine rings is 1. The first kappa shape index (κ1) is 18.5. The molecule has 0 spiro atoms. The number of nitriles is 1. The Bertz CT molecular complexity index is 829. The van der Waals surface area contributed by atoms with Crippen molar-refractivity contribution in [2.75, 3.05) is 38.7 Å². The predicted molar refractivity (Wildman–Crippen MR) is 95.8 cm³/mol. The molecule has 2 aromatic heterocycles. The van der Waals surface area contributed by atoms with Crippen molar-refractivity contribution in [2.24, 2.45) is 0 Å². The standard InChI is InChI=1S/C17H19N7O3/c1-19-17(25)16-14(27-10-13-9-20-4-5-26-13)6-15(23-24-16)22-12-3-2-11(7-18)21-8-12/h2-3,6,8,13,20H,4-5,9-10H2,1H3,(H,19,25)(H,22,23)/t13-/m0/s1. The Kier molecular flexibility index (Phi) is 6.09. The monoisotopic (exact) mass is 369 g/mol. The molecule has 0 saturated carbocycles. The molecule has 1 atom stereocenters. The van der Waals surface area contributed by atoms with E-state index in [1.807, 2.05) is 6.07 Å². The highest BCUT2D eigenvalue weighted by Gasteiger charge is 2.19. The normalized spacial score (nSPS) is 16.2. The van der Waals surface area contributed by atoms with Gasteiger partial charge in [-0.1, -0.05) is 0 Å². The Morgan fingerprint density at radius 2 is 2.37 bits per heavy atom. The van der Waals surface area contributed by atoms with Gasteiger partial charge in [0.15, 0.2) is 17.3 Å². The highest BCUT2D eigenvalue weighted by atomic mass is 16.5. The Balaban J connectivity index is 1.76. The second kappa shape index (κ2) is 8.88. The number of hydrogen-bond acceptors (Lipinski definition) is 9. The first-order chi connectivity index (χ1) is 13.2. The van der Waals surface area contributed by atoms with Crippen molar-refractivity contribution >= 4 is 17.4 Å². The molecule has 0 aromatic carbocycles. The van der Waals surface area contributed by atoms with Gasteiger partial charge in [0.2, 0.25) is 0 Å². The minimum absolute atomic E-state index is 0.0878. The topological polar surface area (TPSA) is 134 Å². The zero-order valence-electron chi connectivity index (χ0n) is 14.7. The second-order valence-corrected chi connectivity index (χ2v) is 5.70. The van der Waals surface area contributed by atoms with Crippen LogP contribution in [0.1, 0.15) is 16.2 Å². The second-order valence-electron chi connectivity index (χ2n) is 5.70. The quantitative estimate of drug-likeness (QED) is 0.653. The molecule has 140 valence electrons. The van der Waals surface area contributed by atoms with Crippen LogP contribution in [0, 0.1) is 11.3 Å². The van der Waals surface area contributed by atoms with E-state index in [2.05, 4.69) is 31.1 Å². The van der Waals surface area contributed by atoms with Gasteiger partial charge in [-0.25, -0.2) is 4.98 Å². The van der Waals surface area contributed by atoms with E-state index in [1.165, 1.54) is 13.2 Å². The summed E-state index contributed by atoms with van der Waals surface area (Å²) in [6, 6.07) is 6.82. The highest BCUT2D eigenvalue weighted by Crippen LogP contribution is 2.22. The molecule has 1 aliphatic heterocycles. The zero-order chi connectivity index (χ0) is 19.1. The van der Waals surface area contributed by atoms with Crippen LogP contribution in [0.2, 0.25) is 0 Å². The van der Waals surface area contributed by atoms with Gasteiger partial charge >= 0.3 is 0 Å². The van der Waals surface area contributed by atoms with Gasteiger partial charge in [0, 0.05) is 26.2 Å². The van der Waals surface area contributed by atoms with Gasteiger partial charge < -0.3 is 25.4 Å². The SMILES string of the molecule is CNC(=O)c1nnc(Nc2ccc(C#N)nc2)cc1OC[C@@H]1CNCCO1. The largest absolute Gasteiger partial charge is 0.488 e. The van der Waals surface area contributed by atoms with E-state index in [-0.39, 0.29) is 18.4 Å². The molecule has 3 N–H and O–H groups in total. The van der Waals surface area contributed by atoms with Crippen LogP contribution in [0.15, 0.2) is 24.4 Å². The number of nitrogens with zero attached hydrogens (tertiary/aromatic N) is 4. The van der Waals surface area contributed by atoms with Crippen molar-refractivity contribution in [1.82, 2.24) is 25.8 Å². The lowest BCUT2D eigenvalue weighted by Crippen LogP contribution is -2.41. The van der Waals surface area contributed by atoms with Gasteiger partial charge in [-0.05, 0) is 12.1 Å². The maximum absolute atomic E-state index is 12.0. The maximum Gasteiger partial charge on any atom is 0.275 e. The number of anilines is 2. The molecule has 1 fully saturated rings. The number of pyridine rings is 1. The van der Waals surface area contributed by atoms with Gasteiger partial charge in [0.05, 0.1) is 18.5 Å². The Labute approximate surface area is 155 Å². The summed E-state index contributed by atoms with van der Waals surface area (Å²) in [6.45, 7) is 2.38. The Hall–Kier alpha value is -3.29. The van der Waals surface area contributed by atoms with Gasteiger partial charge in [-0.2, -0.15) is 5.26 Å². The van der Waals surface area contributed by atoms with Crippen molar-refractivity contribution in [2.45, 2.75) is 6.10 Å². The lowest BCUT2D eigenvalue weighted by atomic mass is 10.3. The van der Waals surface area contributed by atoms with E-state index in [4.69, 9.17) is 14.7 Å². The van der Waals surface area contributed by atoms with Gasteiger partial charge in [-0.3, -0.25) is 4.79 Å². The van der Waals surface area contributed by atoms with E-state index in [0.717, 1.165) is 6.54 Å². The van der Waals surface area contributed by atoms with Crippen molar-refractivity contribution in [3.05, 3.63) is 35.8 Å². The number of amides is 1. The van der Waals surface area contributed by atoms with Gasteiger partial charge in [-0.15, -0.1) is 10.2 Å². The fourth-order valence-electron chi connectivity index (χ4n) is 2.41. The van der Waals surface area contributed by atoms with Crippen LogP contribution < -0.4 is 20.7 Å². The molecule has 10 heteroatoms. The number of carbonyl (C=O) groups excluding carboxylic acids is 1. The molecule has 0 unspecified atom stereocenters. The van der Waals surface area contributed by atoms with Crippen molar-refractivity contribution in [1.29, 1.82) is 5.26 Å². The molecule has 3 rings (SSSR count). The van der Waals surface area contributed by atoms with Gasteiger partial charge in [0.25, 0.3) is 5.91 Å². The summed E-state index contributed by atoms with van der Waals surface area (Å²) in [5.74, 6) is 0.279. The maximum atomic E-state index is 12.0. The third-order valence-corrected chi connectivity index (χ3v) is 3.78. The van der Waals surface area contributed by atoms with Crippen LogP contribution in [0.25, 0.3) is 0 Å². The van der Waals surface area contributed by atoms with Crippen LogP contribution >= 0.6 is 0 Å². The molecule has 0 bridgehead atoms. The summed E-state index contributed by atoms with van der Waals surface area (Å²) in [7, 11) is 1.51. The first-order valence-corrected chi connectivity index (χ1v) is 8.37. The van der Waals surface area contributed by atoms with Crippen LogP contribution in [0.3, 0.4) is 0 Å². The smallest absolute Gasteiger partial charge is 0.275 e. The van der Waals surface area contributed by atoms with E-state index in [1.54, 1.807) is 18.2 Å². The van der Waals surface area contributed by atoms with Crippen molar-refractivity contribution < 1.29 is 14.3 Å². The minimum atomic E-state index is -0.397. The minimum Gasteiger partial charge on any atom is -0.488 e. The first-order valence-electron chi connectivity index (χ1n) is 8.37. The average molecular weight is 369 g/mol. The Morgan fingerprint density at radius 1 is 1.48 bits per heavy atom. The predicted octanol–water partition coefficient (Wildman–Crippen LogP) is 0.214. The molecular weight excluding hydrogens is 350 g/mol. The number of rotatable bonds is 6. The Morgan fingerprint density at radius 3 is 3.04 bits per heavy atom. The summed E-state index contributed by atoms with van der Waals surface area (Å²) in [6.07, 6.45) is 1.40. The molecule has 1 aliphatic rings. The third-order valence-electron chi connectivity index (χ3n) is 3.78. The number of ether oxygens (including phenoxy) is 2. The number of carbonyl (C=O) groups is 1. The van der Waals surface area contributed by atoms with Crippen LogP contribution in [-0.4, -0.2) is 60.5 Å². The van der Waals surface area contributed by atoms with E-state index in [0.29, 0.717) is 36.1 Å². The van der Waals surface area contributed by atoms with Crippen LogP contribution in [-0.2, 0) is 4.74 Å². The fraction of sp³-hybridized carbons (Fsp3) is 0.353. The molecule has 0 aliphatic carbocycles. The third kappa shape index (κ3) is 4.87.